The SMILES string of the molecule is [O-][N+]#CCCCN1CCOCC1. The lowest BCUT2D eigenvalue weighted by molar-refractivity contribution is 0.0376. The highest BCUT2D eigenvalue weighted by Crippen LogP contribution is 1.99. The summed E-state index contributed by atoms with van der Waals surface area (Å²) in [6, 6.07) is 2.40. The fourth-order valence-corrected chi connectivity index (χ4v) is 1.25. The summed E-state index contributed by atoms with van der Waals surface area (Å²) >= 11 is 0. The number of hydrogen-bond acceptors (Lipinski definition) is 3. The summed E-state index contributed by atoms with van der Waals surface area (Å²) in [5.41, 5.74) is 0. The zero-order chi connectivity index (χ0) is 8.65. The van der Waals surface area contributed by atoms with Crippen molar-refractivity contribution in [1.82, 2.24) is 4.90 Å². The van der Waals surface area contributed by atoms with Gasteiger partial charge in [0.25, 0.3) is 6.07 Å². The summed E-state index contributed by atoms with van der Waals surface area (Å²) in [5.74, 6) is 0. The zero-order valence-corrected chi connectivity index (χ0v) is 7.16. The van der Waals surface area contributed by atoms with Gasteiger partial charge in [0, 0.05) is 18.1 Å². The number of morpholine rings is 1. The van der Waals surface area contributed by atoms with Crippen LogP contribution in [0.3, 0.4) is 0 Å². The van der Waals surface area contributed by atoms with Crippen molar-refractivity contribution in [2.24, 2.45) is 0 Å². The van der Waals surface area contributed by atoms with Gasteiger partial charge in [0.05, 0.1) is 19.6 Å². The molecular formula is C8H14N2O2. The molecule has 12 heavy (non-hydrogen) atoms. The van der Waals surface area contributed by atoms with Gasteiger partial charge in [-0.15, -0.1) is 0 Å². The molecule has 1 fully saturated rings. The van der Waals surface area contributed by atoms with Crippen LogP contribution in [0.25, 0.3) is 5.01 Å². The quantitative estimate of drug-likeness (QED) is 0.467. The van der Waals surface area contributed by atoms with Crippen LogP contribution >= 0.6 is 0 Å². The maximum atomic E-state index is 9.66. The van der Waals surface area contributed by atoms with Crippen molar-refractivity contribution in [3.8, 4) is 6.07 Å². The molecule has 0 spiro atoms. The Morgan fingerprint density at radius 3 is 2.83 bits per heavy atom. The molecule has 1 heterocycles. The number of nitrogens with zero attached hydrogens (tertiary/aromatic N) is 2. The molecule has 0 aromatic rings. The van der Waals surface area contributed by atoms with Crippen molar-refractivity contribution in [3.05, 3.63) is 10.2 Å². The Morgan fingerprint density at radius 1 is 1.42 bits per heavy atom. The van der Waals surface area contributed by atoms with Gasteiger partial charge >= 0.3 is 0 Å². The Kier molecular flexibility index (Phi) is 4.50. The Morgan fingerprint density at radius 2 is 2.17 bits per heavy atom. The largest absolute Gasteiger partial charge is 0.498 e. The van der Waals surface area contributed by atoms with Crippen LogP contribution in [0.2, 0.25) is 0 Å². The predicted molar refractivity (Wildman–Crippen MR) is 47.1 cm³/mol. The molecule has 0 aromatic carbocycles. The van der Waals surface area contributed by atoms with Crippen LogP contribution in [0.4, 0.5) is 0 Å². The van der Waals surface area contributed by atoms with E-state index in [0.717, 1.165) is 39.3 Å². The molecule has 0 radical (unpaired) electrons. The fraction of sp³-hybridized carbons (Fsp3) is 0.875. The van der Waals surface area contributed by atoms with Crippen LogP contribution in [0.15, 0.2) is 0 Å². The highest BCUT2D eigenvalue weighted by Gasteiger charge is 2.08. The first kappa shape index (κ1) is 9.30. The standard InChI is InChI=1S/C8H14N2O2/c11-9-3-1-2-4-10-5-7-12-8-6-10/h1-2,4-8H2. The Balaban J connectivity index is 2.00. The third-order valence-electron chi connectivity index (χ3n) is 1.93. The highest BCUT2D eigenvalue weighted by molar-refractivity contribution is 4.86. The molecule has 0 atom stereocenters. The van der Waals surface area contributed by atoms with Crippen molar-refractivity contribution in [2.75, 3.05) is 32.8 Å². The maximum absolute atomic E-state index is 9.66. The van der Waals surface area contributed by atoms with Crippen LogP contribution in [-0.4, -0.2) is 37.7 Å². The van der Waals surface area contributed by atoms with E-state index >= 15 is 0 Å². The molecule has 0 N–H and O–H groups in total. The molecule has 0 bridgehead atoms. The van der Waals surface area contributed by atoms with Crippen LogP contribution in [0.1, 0.15) is 12.8 Å². The molecule has 1 aliphatic rings. The van der Waals surface area contributed by atoms with Gasteiger partial charge in [-0.3, -0.25) is 4.90 Å². The first-order chi connectivity index (χ1) is 5.93. The maximum Gasteiger partial charge on any atom is 0.298 e. The van der Waals surface area contributed by atoms with E-state index in [1.807, 2.05) is 0 Å². The van der Waals surface area contributed by atoms with Gasteiger partial charge in [-0.25, -0.2) is 0 Å². The summed E-state index contributed by atoms with van der Waals surface area (Å²) in [6.07, 6.45) is 1.63. The lowest BCUT2D eigenvalue weighted by Gasteiger charge is -2.25. The lowest BCUT2D eigenvalue weighted by Crippen LogP contribution is -2.36. The van der Waals surface area contributed by atoms with Gasteiger partial charge in [0.2, 0.25) is 0 Å². The molecule has 1 rings (SSSR count). The van der Waals surface area contributed by atoms with Crippen LogP contribution in [0, 0.1) is 11.3 Å². The predicted octanol–water partition coefficient (Wildman–Crippen LogP) is 0.930. The molecule has 0 aliphatic carbocycles. The third kappa shape index (κ3) is 3.56. The van der Waals surface area contributed by atoms with E-state index in [2.05, 4.69) is 16.0 Å². The summed E-state index contributed by atoms with van der Waals surface area (Å²) < 4.78 is 5.20. The van der Waals surface area contributed by atoms with E-state index in [0.29, 0.717) is 6.42 Å². The van der Waals surface area contributed by atoms with Crippen molar-refractivity contribution in [1.29, 1.82) is 0 Å². The Labute approximate surface area is 72.5 Å². The number of rotatable bonds is 3. The molecule has 0 unspecified atom stereocenters. The van der Waals surface area contributed by atoms with Gasteiger partial charge in [-0.1, -0.05) is 0 Å². The van der Waals surface area contributed by atoms with Crippen molar-refractivity contribution in [3.63, 3.8) is 0 Å². The van der Waals surface area contributed by atoms with Crippen molar-refractivity contribution in [2.45, 2.75) is 12.8 Å². The first-order valence-corrected chi connectivity index (χ1v) is 4.29. The Hall–Kier alpha value is -0.790. The second-order valence-electron chi connectivity index (χ2n) is 2.81. The molecule has 1 saturated heterocycles. The van der Waals surface area contributed by atoms with E-state index in [1.165, 1.54) is 0 Å². The van der Waals surface area contributed by atoms with Crippen molar-refractivity contribution < 1.29 is 4.74 Å². The molecule has 1 aliphatic heterocycles. The first-order valence-electron chi connectivity index (χ1n) is 4.29. The molecule has 68 valence electrons. The van der Waals surface area contributed by atoms with Crippen LogP contribution < -0.4 is 0 Å². The van der Waals surface area contributed by atoms with E-state index in [-0.39, 0.29) is 0 Å². The summed E-state index contributed by atoms with van der Waals surface area (Å²) in [5, 5.41) is 12.2. The minimum absolute atomic E-state index is 0.668. The van der Waals surface area contributed by atoms with Crippen molar-refractivity contribution >= 4 is 0 Å². The number of ether oxygens (including phenoxy) is 1. The third-order valence-corrected chi connectivity index (χ3v) is 1.93. The summed E-state index contributed by atoms with van der Waals surface area (Å²) in [7, 11) is 0. The van der Waals surface area contributed by atoms with Gasteiger partial charge in [0.15, 0.2) is 0 Å². The smallest absolute Gasteiger partial charge is 0.298 e. The minimum atomic E-state index is 0.668. The minimum Gasteiger partial charge on any atom is -0.498 e. The fourth-order valence-electron chi connectivity index (χ4n) is 1.25. The second kappa shape index (κ2) is 5.81. The molecule has 0 saturated carbocycles. The average Bonchev–Trinajstić information content (AvgIpc) is 2.14. The van der Waals surface area contributed by atoms with E-state index in [4.69, 9.17) is 4.74 Å². The van der Waals surface area contributed by atoms with Gasteiger partial charge < -0.3 is 9.94 Å². The summed E-state index contributed by atoms with van der Waals surface area (Å²) in [6.45, 7) is 4.70. The number of hydrogen-bond donors (Lipinski definition) is 0. The van der Waals surface area contributed by atoms with Gasteiger partial charge in [-0.2, -0.15) is 0 Å². The Bertz CT molecular complexity index is 168. The van der Waals surface area contributed by atoms with Gasteiger partial charge in [-0.05, 0) is 13.0 Å². The zero-order valence-electron chi connectivity index (χ0n) is 7.16. The molecule has 0 amide bonds. The van der Waals surface area contributed by atoms with E-state index in [1.54, 1.807) is 0 Å². The van der Waals surface area contributed by atoms with E-state index < -0.39 is 0 Å². The lowest BCUT2D eigenvalue weighted by atomic mass is 10.3. The second-order valence-corrected chi connectivity index (χ2v) is 2.81. The average molecular weight is 170 g/mol. The monoisotopic (exact) mass is 170 g/mol. The molecule has 4 nitrogen and oxygen atoms in total. The normalized spacial score (nSPS) is 18.3. The van der Waals surface area contributed by atoms with Gasteiger partial charge in [0.1, 0.15) is 0 Å². The molecular weight excluding hydrogens is 156 g/mol. The highest BCUT2D eigenvalue weighted by atomic mass is 16.5. The molecule has 0 aromatic heterocycles. The van der Waals surface area contributed by atoms with Crippen LogP contribution in [0.5, 0.6) is 0 Å². The summed E-state index contributed by atoms with van der Waals surface area (Å²) in [4.78, 5) is 2.33. The van der Waals surface area contributed by atoms with E-state index in [9.17, 15) is 5.21 Å². The van der Waals surface area contributed by atoms with Crippen LogP contribution in [-0.2, 0) is 4.74 Å². The topological polar surface area (TPSA) is 39.9 Å². The molecule has 4 heteroatoms. The number of unbranched alkanes of at least 4 members (excludes halogenated alkanes) is 1.